The lowest BCUT2D eigenvalue weighted by molar-refractivity contribution is -0.154. The number of hydrogen-bond acceptors (Lipinski definition) is 2. The Morgan fingerprint density at radius 3 is 2.00 bits per heavy atom. The Morgan fingerprint density at radius 1 is 1.22 bits per heavy atom. The lowest BCUT2D eigenvalue weighted by Gasteiger charge is -2.29. The van der Waals surface area contributed by atoms with E-state index in [4.69, 9.17) is 0 Å². The van der Waals surface area contributed by atoms with E-state index < -0.39 is 11.4 Å². The highest BCUT2D eigenvalue weighted by atomic mass is 16.4. The van der Waals surface area contributed by atoms with Crippen LogP contribution in [0.4, 0.5) is 0 Å². The van der Waals surface area contributed by atoms with Crippen LogP contribution in [0.5, 0.6) is 0 Å². The molecule has 1 amide bonds. The lowest BCUT2D eigenvalue weighted by Crippen LogP contribution is -2.39. The molecule has 4 heteroatoms. The van der Waals surface area contributed by atoms with E-state index in [1.54, 1.807) is 4.90 Å². The maximum absolute atomic E-state index is 12.2. The van der Waals surface area contributed by atoms with Gasteiger partial charge >= 0.3 is 5.97 Å². The molecule has 0 aliphatic carbocycles. The molecule has 1 N–H and O–H groups in total. The van der Waals surface area contributed by atoms with E-state index in [9.17, 15) is 14.7 Å². The van der Waals surface area contributed by atoms with Gasteiger partial charge in [0.05, 0.1) is 5.41 Å². The fraction of sp³-hybridized carbons (Fsp3) is 0.714. The molecule has 0 saturated heterocycles. The molecule has 0 fully saturated rings. The van der Waals surface area contributed by atoms with Gasteiger partial charge in [0, 0.05) is 19.5 Å². The van der Waals surface area contributed by atoms with E-state index in [1.807, 2.05) is 27.7 Å². The summed E-state index contributed by atoms with van der Waals surface area (Å²) in [5.41, 5.74) is -0.0290. The number of carbonyl (C=O) groups is 2. The Bertz CT molecular complexity index is 319. The molecule has 0 atom stereocenters. The Balaban J connectivity index is 4.88. The molecular formula is C14H25NO3. The topological polar surface area (TPSA) is 57.6 Å². The second-order valence-corrected chi connectivity index (χ2v) is 4.83. The Kier molecular flexibility index (Phi) is 6.66. The van der Waals surface area contributed by atoms with Gasteiger partial charge in [-0.2, -0.15) is 0 Å². The van der Waals surface area contributed by atoms with Crippen molar-refractivity contribution in [2.45, 2.75) is 47.0 Å². The molecular weight excluding hydrogens is 230 g/mol. The number of rotatable bonds is 8. The quantitative estimate of drug-likeness (QED) is 0.678. The fourth-order valence-electron chi connectivity index (χ4n) is 1.98. The summed E-state index contributed by atoms with van der Waals surface area (Å²) in [7, 11) is 0. The van der Waals surface area contributed by atoms with Gasteiger partial charge in [0.25, 0.3) is 0 Å². The molecule has 18 heavy (non-hydrogen) atoms. The third kappa shape index (κ3) is 4.17. The first-order chi connectivity index (χ1) is 8.32. The van der Waals surface area contributed by atoms with Crippen molar-refractivity contribution in [1.29, 1.82) is 0 Å². The molecule has 0 heterocycles. The number of likely N-dealkylation sites (N-methyl/N-ethyl adjacent to an activating group) is 1. The van der Waals surface area contributed by atoms with E-state index in [1.165, 1.54) is 0 Å². The van der Waals surface area contributed by atoms with Gasteiger partial charge in [-0.25, -0.2) is 0 Å². The molecule has 0 saturated carbocycles. The van der Waals surface area contributed by atoms with Gasteiger partial charge in [0.15, 0.2) is 0 Å². The van der Waals surface area contributed by atoms with Gasteiger partial charge in [-0.05, 0) is 26.7 Å². The van der Waals surface area contributed by atoms with Crippen LogP contribution in [0.25, 0.3) is 0 Å². The van der Waals surface area contributed by atoms with E-state index in [0.717, 1.165) is 5.57 Å². The molecule has 0 aliphatic heterocycles. The molecule has 0 rings (SSSR count). The minimum atomic E-state index is -0.931. The van der Waals surface area contributed by atoms with Crippen LogP contribution >= 0.6 is 0 Å². The summed E-state index contributed by atoms with van der Waals surface area (Å²) in [4.78, 5) is 25.2. The van der Waals surface area contributed by atoms with Crippen molar-refractivity contribution in [2.75, 3.05) is 13.1 Å². The first-order valence-corrected chi connectivity index (χ1v) is 6.48. The normalized spacial score (nSPS) is 11.1. The minimum absolute atomic E-state index is 0.0659. The molecule has 0 unspecified atom stereocenters. The summed E-state index contributed by atoms with van der Waals surface area (Å²) >= 11 is 0. The summed E-state index contributed by atoms with van der Waals surface area (Å²) < 4.78 is 0. The molecule has 104 valence electrons. The molecule has 0 aromatic rings. The Morgan fingerprint density at radius 2 is 1.72 bits per heavy atom. The van der Waals surface area contributed by atoms with E-state index in [-0.39, 0.29) is 12.3 Å². The van der Waals surface area contributed by atoms with Crippen LogP contribution in [0.2, 0.25) is 0 Å². The average molecular weight is 255 g/mol. The number of amides is 1. The van der Waals surface area contributed by atoms with E-state index >= 15 is 0 Å². The van der Waals surface area contributed by atoms with Crippen molar-refractivity contribution in [3.63, 3.8) is 0 Å². The number of carboxylic acid groups (broad SMARTS) is 1. The lowest BCUT2D eigenvalue weighted by atomic mass is 9.79. The Hall–Kier alpha value is -1.32. The van der Waals surface area contributed by atoms with Crippen molar-refractivity contribution in [1.82, 2.24) is 4.90 Å². The van der Waals surface area contributed by atoms with Crippen LogP contribution in [-0.4, -0.2) is 35.0 Å². The fourth-order valence-corrected chi connectivity index (χ4v) is 1.98. The summed E-state index contributed by atoms with van der Waals surface area (Å²) in [6, 6.07) is 0. The zero-order valence-corrected chi connectivity index (χ0v) is 12.0. The predicted molar refractivity (Wildman–Crippen MR) is 72.3 cm³/mol. The van der Waals surface area contributed by atoms with Crippen LogP contribution in [0.15, 0.2) is 12.2 Å². The first-order valence-electron chi connectivity index (χ1n) is 6.48. The molecule has 0 radical (unpaired) electrons. The zero-order chi connectivity index (χ0) is 14.3. The van der Waals surface area contributed by atoms with Crippen LogP contribution in [-0.2, 0) is 9.59 Å². The monoisotopic (exact) mass is 255 g/mol. The zero-order valence-electron chi connectivity index (χ0n) is 12.0. The van der Waals surface area contributed by atoms with Gasteiger partial charge in [-0.15, -0.1) is 0 Å². The molecule has 4 nitrogen and oxygen atoms in total. The minimum Gasteiger partial charge on any atom is -0.481 e. The maximum atomic E-state index is 12.2. The highest BCUT2D eigenvalue weighted by Crippen LogP contribution is 2.31. The summed E-state index contributed by atoms with van der Waals surface area (Å²) in [6.07, 6.45) is 1.00. The van der Waals surface area contributed by atoms with Crippen molar-refractivity contribution >= 4 is 11.9 Å². The van der Waals surface area contributed by atoms with Gasteiger partial charge in [-0.1, -0.05) is 26.0 Å². The second kappa shape index (κ2) is 7.19. The maximum Gasteiger partial charge on any atom is 0.310 e. The van der Waals surface area contributed by atoms with Crippen LogP contribution < -0.4 is 0 Å². The van der Waals surface area contributed by atoms with Gasteiger partial charge in [0.1, 0.15) is 0 Å². The smallest absolute Gasteiger partial charge is 0.310 e. The molecule has 0 spiro atoms. The number of aliphatic carboxylic acids is 1. The van der Waals surface area contributed by atoms with Crippen molar-refractivity contribution in [3.05, 3.63) is 12.2 Å². The third-order valence-corrected chi connectivity index (χ3v) is 3.49. The van der Waals surface area contributed by atoms with Crippen LogP contribution in [0.3, 0.4) is 0 Å². The largest absolute Gasteiger partial charge is 0.481 e. The number of carboxylic acids is 1. The molecule has 0 aliphatic rings. The third-order valence-electron chi connectivity index (χ3n) is 3.49. The first kappa shape index (κ1) is 16.7. The second-order valence-electron chi connectivity index (χ2n) is 4.83. The predicted octanol–water partition coefficient (Wildman–Crippen LogP) is 2.69. The molecule has 0 aromatic heterocycles. The highest BCUT2D eigenvalue weighted by Gasteiger charge is 2.38. The SMILES string of the molecule is C=C(C)CN(CC)C(=O)CC(CC)(CC)C(=O)O. The van der Waals surface area contributed by atoms with Crippen molar-refractivity contribution in [3.8, 4) is 0 Å². The van der Waals surface area contributed by atoms with Crippen LogP contribution in [0.1, 0.15) is 47.0 Å². The van der Waals surface area contributed by atoms with Crippen LogP contribution in [0, 0.1) is 5.41 Å². The molecule has 0 bridgehead atoms. The van der Waals surface area contributed by atoms with Crippen molar-refractivity contribution < 1.29 is 14.7 Å². The standard InChI is InChI=1S/C14H25NO3/c1-6-14(7-2,13(17)18)9-12(16)15(8-3)10-11(4)5/h4,6-10H2,1-3,5H3,(H,17,18). The average Bonchev–Trinajstić information content (AvgIpc) is 2.32. The summed E-state index contributed by atoms with van der Waals surface area (Å²) in [5.74, 6) is -0.987. The number of nitrogens with zero attached hydrogens (tertiary/aromatic N) is 1. The van der Waals surface area contributed by atoms with Gasteiger partial charge in [0.2, 0.25) is 5.91 Å². The van der Waals surface area contributed by atoms with E-state index in [2.05, 4.69) is 6.58 Å². The summed E-state index contributed by atoms with van der Waals surface area (Å²) in [6.45, 7) is 12.3. The number of hydrogen-bond donors (Lipinski definition) is 1. The van der Waals surface area contributed by atoms with Crippen molar-refractivity contribution in [2.24, 2.45) is 5.41 Å². The molecule has 0 aromatic carbocycles. The highest BCUT2D eigenvalue weighted by molar-refractivity contribution is 5.85. The van der Waals surface area contributed by atoms with E-state index in [0.29, 0.717) is 25.9 Å². The Labute approximate surface area is 110 Å². The van der Waals surface area contributed by atoms with Gasteiger partial charge in [-0.3, -0.25) is 9.59 Å². The number of carbonyl (C=O) groups excluding carboxylic acids is 1. The van der Waals surface area contributed by atoms with Gasteiger partial charge < -0.3 is 10.0 Å². The summed E-state index contributed by atoms with van der Waals surface area (Å²) in [5, 5.41) is 9.32.